The SMILES string of the molecule is CCCOCCOC1CC(N)C12CCCCC2. The van der Waals surface area contributed by atoms with Crippen LogP contribution < -0.4 is 5.73 Å². The first-order chi connectivity index (χ1) is 8.29. The predicted molar refractivity (Wildman–Crippen MR) is 69.0 cm³/mol. The molecule has 1 spiro atoms. The Labute approximate surface area is 105 Å². The maximum absolute atomic E-state index is 6.22. The fraction of sp³-hybridized carbons (Fsp3) is 1.00. The van der Waals surface area contributed by atoms with Crippen LogP contribution in [0.4, 0.5) is 0 Å². The van der Waals surface area contributed by atoms with Crippen molar-refractivity contribution in [3.05, 3.63) is 0 Å². The molecule has 2 rings (SSSR count). The highest BCUT2D eigenvalue weighted by molar-refractivity contribution is 5.07. The second kappa shape index (κ2) is 6.17. The first kappa shape index (κ1) is 13.3. The van der Waals surface area contributed by atoms with Crippen molar-refractivity contribution in [2.75, 3.05) is 19.8 Å². The van der Waals surface area contributed by atoms with Crippen LogP contribution in [0.5, 0.6) is 0 Å². The van der Waals surface area contributed by atoms with E-state index in [9.17, 15) is 0 Å². The van der Waals surface area contributed by atoms with Gasteiger partial charge in [-0.05, 0) is 25.7 Å². The molecule has 100 valence electrons. The van der Waals surface area contributed by atoms with Crippen LogP contribution in [-0.2, 0) is 9.47 Å². The summed E-state index contributed by atoms with van der Waals surface area (Å²) in [5.41, 5.74) is 6.54. The molecule has 3 nitrogen and oxygen atoms in total. The lowest BCUT2D eigenvalue weighted by molar-refractivity contribution is -0.150. The van der Waals surface area contributed by atoms with Gasteiger partial charge in [0.15, 0.2) is 0 Å². The minimum atomic E-state index is 0.322. The molecule has 2 fully saturated rings. The van der Waals surface area contributed by atoms with Crippen molar-refractivity contribution in [1.82, 2.24) is 0 Å². The molecule has 0 bridgehead atoms. The van der Waals surface area contributed by atoms with Crippen LogP contribution in [-0.4, -0.2) is 32.0 Å². The summed E-state index contributed by atoms with van der Waals surface area (Å²) in [7, 11) is 0. The predicted octanol–water partition coefficient (Wildman–Crippen LogP) is 2.48. The van der Waals surface area contributed by atoms with Crippen LogP contribution in [0.25, 0.3) is 0 Å². The Morgan fingerprint density at radius 2 is 1.88 bits per heavy atom. The molecule has 3 heteroatoms. The molecule has 0 aliphatic heterocycles. The third-order valence-electron chi connectivity index (χ3n) is 4.53. The average molecular weight is 241 g/mol. The van der Waals surface area contributed by atoms with Gasteiger partial charge in [0.2, 0.25) is 0 Å². The van der Waals surface area contributed by atoms with Crippen molar-refractivity contribution in [2.24, 2.45) is 11.1 Å². The minimum absolute atomic E-state index is 0.322. The lowest BCUT2D eigenvalue weighted by Crippen LogP contribution is -2.63. The third-order valence-corrected chi connectivity index (χ3v) is 4.53. The van der Waals surface area contributed by atoms with Gasteiger partial charge in [0.05, 0.1) is 19.3 Å². The molecule has 0 saturated heterocycles. The van der Waals surface area contributed by atoms with Crippen molar-refractivity contribution in [3.8, 4) is 0 Å². The highest BCUT2D eigenvalue weighted by atomic mass is 16.5. The van der Waals surface area contributed by atoms with Crippen molar-refractivity contribution in [1.29, 1.82) is 0 Å². The first-order valence-electron chi connectivity index (χ1n) is 7.24. The quantitative estimate of drug-likeness (QED) is 0.727. The molecule has 0 amide bonds. The van der Waals surface area contributed by atoms with E-state index < -0.39 is 0 Å². The summed E-state index contributed by atoms with van der Waals surface area (Å²) in [6.45, 7) is 4.44. The Balaban J connectivity index is 1.70. The number of ether oxygens (including phenoxy) is 2. The molecule has 2 unspecified atom stereocenters. The number of nitrogens with two attached hydrogens (primary N) is 1. The van der Waals surface area contributed by atoms with Gasteiger partial charge in [-0.2, -0.15) is 0 Å². The van der Waals surface area contributed by atoms with Gasteiger partial charge < -0.3 is 15.2 Å². The summed E-state index contributed by atoms with van der Waals surface area (Å²) >= 11 is 0. The van der Waals surface area contributed by atoms with Gasteiger partial charge >= 0.3 is 0 Å². The zero-order chi connectivity index (χ0) is 12.1. The first-order valence-corrected chi connectivity index (χ1v) is 7.24. The highest BCUT2D eigenvalue weighted by Gasteiger charge is 2.53. The van der Waals surface area contributed by atoms with E-state index in [0.717, 1.165) is 32.7 Å². The van der Waals surface area contributed by atoms with E-state index in [0.29, 0.717) is 17.6 Å². The molecule has 2 aliphatic rings. The Morgan fingerprint density at radius 3 is 2.53 bits per heavy atom. The number of hydrogen-bond donors (Lipinski definition) is 1. The molecule has 0 aromatic carbocycles. The van der Waals surface area contributed by atoms with Gasteiger partial charge in [-0.3, -0.25) is 0 Å². The van der Waals surface area contributed by atoms with Gasteiger partial charge in [0, 0.05) is 18.1 Å². The fourth-order valence-electron chi connectivity index (χ4n) is 3.41. The average Bonchev–Trinajstić information content (AvgIpc) is 2.38. The smallest absolute Gasteiger partial charge is 0.0704 e. The van der Waals surface area contributed by atoms with Crippen molar-refractivity contribution >= 4 is 0 Å². The van der Waals surface area contributed by atoms with E-state index >= 15 is 0 Å². The normalized spacial score (nSPS) is 31.4. The summed E-state index contributed by atoms with van der Waals surface area (Å²) in [4.78, 5) is 0. The largest absolute Gasteiger partial charge is 0.379 e. The molecule has 0 heterocycles. The highest BCUT2D eigenvalue weighted by Crippen LogP contribution is 2.52. The van der Waals surface area contributed by atoms with E-state index in [1.165, 1.54) is 32.1 Å². The monoisotopic (exact) mass is 241 g/mol. The summed E-state index contributed by atoms with van der Waals surface area (Å²) in [6.07, 6.45) is 9.12. The third kappa shape index (κ3) is 2.83. The molecule has 2 N–H and O–H groups in total. The van der Waals surface area contributed by atoms with E-state index in [-0.39, 0.29) is 0 Å². The van der Waals surface area contributed by atoms with Gasteiger partial charge in [-0.25, -0.2) is 0 Å². The second-order valence-corrected chi connectivity index (χ2v) is 5.61. The summed E-state index contributed by atoms with van der Waals surface area (Å²) in [5.74, 6) is 0. The summed E-state index contributed by atoms with van der Waals surface area (Å²) in [6, 6.07) is 0.379. The van der Waals surface area contributed by atoms with Crippen molar-refractivity contribution in [2.45, 2.75) is 64.0 Å². The molecule has 17 heavy (non-hydrogen) atoms. The van der Waals surface area contributed by atoms with Crippen LogP contribution in [0.1, 0.15) is 51.9 Å². The molecule has 0 aromatic rings. The van der Waals surface area contributed by atoms with Crippen LogP contribution in [0.2, 0.25) is 0 Å². The molecular formula is C14H27NO2. The standard InChI is InChI=1S/C14H27NO2/c1-2-8-16-9-10-17-13-11-12(15)14(13)6-4-3-5-7-14/h12-13H,2-11,15H2,1H3. The summed E-state index contributed by atoms with van der Waals surface area (Å²) in [5, 5.41) is 0. The van der Waals surface area contributed by atoms with E-state index in [1.54, 1.807) is 0 Å². The topological polar surface area (TPSA) is 44.5 Å². The van der Waals surface area contributed by atoms with Gasteiger partial charge in [0.25, 0.3) is 0 Å². The molecule has 0 aromatic heterocycles. The Kier molecular flexibility index (Phi) is 4.83. The molecule has 2 aliphatic carbocycles. The molecule has 2 saturated carbocycles. The van der Waals surface area contributed by atoms with Crippen LogP contribution in [0.3, 0.4) is 0 Å². The lowest BCUT2D eigenvalue weighted by Gasteiger charge is -2.56. The van der Waals surface area contributed by atoms with E-state index in [1.807, 2.05) is 0 Å². The Morgan fingerprint density at radius 1 is 1.12 bits per heavy atom. The van der Waals surface area contributed by atoms with Crippen LogP contribution in [0.15, 0.2) is 0 Å². The minimum Gasteiger partial charge on any atom is -0.379 e. The van der Waals surface area contributed by atoms with Crippen molar-refractivity contribution < 1.29 is 9.47 Å². The zero-order valence-electron chi connectivity index (χ0n) is 11.1. The zero-order valence-corrected chi connectivity index (χ0v) is 11.1. The van der Waals surface area contributed by atoms with Crippen LogP contribution in [0, 0.1) is 5.41 Å². The second-order valence-electron chi connectivity index (χ2n) is 5.61. The van der Waals surface area contributed by atoms with Crippen LogP contribution >= 0.6 is 0 Å². The maximum atomic E-state index is 6.22. The molecular weight excluding hydrogens is 214 g/mol. The maximum Gasteiger partial charge on any atom is 0.0704 e. The van der Waals surface area contributed by atoms with E-state index in [2.05, 4.69) is 6.92 Å². The van der Waals surface area contributed by atoms with Crippen molar-refractivity contribution in [3.63, 3.8) is 0 Å². The molecule has 2 atom stereocenters. The summed E-state index contributed by atoms with van der Waals surface area (Å²) < 4.78 is 11.4. The lowest BCUT2D eigenvalue weighted by atomic mass is 9.55. The van der Waals surface area contributed by atoms with Gasteiger partial charge in [-0.15, -0.1) is 0 Å². The van der Waals surface area contributed by atoms with E-state index in [4.69, 9.17) is 15.2 Å². The number of hydrogen-bond acceptors (Lipinski definition) is 3. The molecule has 0 radical (unpaired) electrons. The Bertz CT molecular complexity index is 226. The van der Waals surface area contributed by atoms with Gasteiger partial charge in [-0.1, -0.05) is 26.2 Å². The Hall–Kier alpha value is -0.120. The fourth-order valence-corrected chi connectivity index (χ4v) is 3.41. The number of rotatable bonds is 6. The van der Waals surface area contributed by atoms with Gasteiger partial charge in [0.1, 0.15) is 0 Å².